The van der Waals surface area contributed by atoms with Gasteiger partial charge in [-0.05, 0) is 47.9 Å². The zero-order chi connectivity index (χ0) is 24.2. The van der Waals surface area contributed by atoms with Crippen molar-refractivity contribution in [1.29, 1.82) is 0 Å². The van der Waals surface area contributed by atoms with Crippen LogP contribution in [0.1, 0.15) is 42.2 Å². The minimum Gasteiger partial charge on any atom is -0.379 e. The van der Waals surface area contributed by atoms with Gasteiger partial charge in [-0.1, -0.05) is 42.5 Å². The molecule has 2 aliphatic heterocycles. The molecule has 2 aliphatic rings. The summed E-state index contributed by atoms with van der Waals surface area (Å²) in [6.07, 6.45) is 0.585. The highest BCUT2D eigenvalue weighted by molar-refractivity contribution is 6.22. The van der Waals surface area contributed by atoms with Crippen molar-refractivity contribution in [3.63, 3.8) is 0 Å². The second-order valence-electron chi connectivity index (χ2n) is 8.80. The molecular weight excluding hydrogens is 442 g/mol. The molecule has 0 atom stereocenters. The number of amides is 3. The minimum absolute atomic E-state index is 0.275. The summed E-state index contributed by atoms with van der Waals surface area (Å²) in [6, 6.07) is 22.2. The Kier molecular flexibility index (Phi) is 6.70. The maximum atomic E-state index is 12.9. The van der Waals surface area contributed by atoms with Gasteiger partial charge in [0.25, 0.3) is 17.7 Å². The van der Waals surface area contributed by atoms with Gasteiger partial charge in [-0.3, -0.25) is 24.2 Å². The molecule has 1 saturated heterocycles. The first-order valence-electron chi connectivity index (χ1n) is 11.8. The Bertz CT molecular complexity index is 1230. The first-order valence-corrected chi connectivity index (χ1v) is 11.8. The van der Waals surface area contributed by atoms with Gasteiger partial charge in [0.15, 0.2) is 0 Å². The molecule has 1 fully saturated rings. The van der Waals surface area contributed by atoms with E-state index in [1.54, 1.807) is 12.1 Å². The molecule has 3 amide bonds. The number of carbonyl (C=O) groups is 3. The molecular formula is C28H27N3O4. The van der Waals surface area contributed by atoms with Crippen LogP contribution in [0.5, 0.6) is 0 Å². The van der Waals surface area contributed by atoms with E-state index in [9.17, 15) is 14.4 Å². The molecule has 7 nitrogen and oxygen atoms in total. The number of rotatable bonds is 7. The second-order valence-corrected chi connectivity index (χ2v) is 8.80. The van der Waals surface area contributed by atoms with Crippen LogP contribution in [0, 0.1) is 0 Å². The molecule has 35 heavy (non-hydrogen) atoms. The average Bonchev–Trinajstić information content (AvgIpc) is 3.14. The van der Waals surface area contributed by atoms with Crippen LogP contribution in [0.15, 0.2) is 72.8 Å². The fourth-order valence-electron chi connectivity index (χ4n) is 4.43. The molecule has 1 N–H and O–H groups in total. The molecule has 2 heterocycles. The molecule has 3 aromatic carbocycles. The van der Waals surface area contributed by atoms with Gasteiger partial charge in [-0.25, -0.2) is 0 Å². The maximum absolute atomic E-state index is 12.9. The maximum Gasteiger partial charge on any atom is 0.261 e. The lowest BCUT2D eigenvalue weighted by atomic mass is 10.1. The molecule has 0 radical (unpaired) electrons. The summed E-state index contributed by atoms with van der Waals surface area (Å²) in [7, 11) is 0. The number of imide groups is 1. The van der Waals surface area contributed by atoms with Gasteiger partial charge in [0.1, 0.15) is 0 Å². The number of hydrogen-bond acceptors (Lipinski definition) is 5. The lowest BCUT2D eigenvalue weighted by Crippen LogP contribution is -2.35. The molecule has 178 valence electrons. The Morgan fingerprint density at radius 2 is 1.54 bits per heavy atom. The lowest BCUT2D eigenvalue weighted by Gasteiger charge is -2.26. The third-order valence-electron chi connectivity index (χ3n) is 6.42. The smallest absolute Gasteiger partial charge is 0.261 e. The number of morpholine rings is 1. The van der Waals surface area contributed by atoms with Crippen molar-refractivity contribution in [3.8, 4) is 0 Å². The summed E-state index contributed by atoms with van der Waals surface area (Å²) >= 11 is 0. The number of benzene rings is 3. The predicted molar refractivity (Wildman–Crippen MR) is 132 cm³/mol. The highest BCUT2D eigenvalue weighted by atomic mass is 16.5. The van der Waals surface area contributed by atoms with E-state index in [4.69, 9.17) is 4.74 Å². The Morgan fingerprint density at radius 3 is 2.29 bits per heavy atom. The highest BCUT2D eigenvalue weighted by Gasteiger charge is 2.35. The summed E-state index contributed by atoms with van der Waals surface area (Å²) < 4.78 is 5.39. The third-order valence-corrected chi connectivity index (χ3v) is 6.42. The summed E-state index contributed by atoms with van der Waals surface area (Å²) in [5, 5.41) is 2.88. The molecule has 7 heteroatoms. The monoisotopic (exact) mass is 469 g/mol. The van der Waals surface area contributed by atoms with Crippen LogP contribution in [0.3, 0.4) is 0 Å². The van der Waals surface area contributed by atoms with Crippen molar-refractivity contribution in [2.24, 2.45) is 0 Å². The largest absolute Gasteiger partial charge is 0.379 e. The SMILES string of the molecule is O=C(Nc1ccc(CN2CCOCC2)cc1)c1ccc2c(c1)C(=O)N(CCc1ccccc1)C2=O. The normalized spacial score (nSPS) is 15.8. The number of ether oxygens (including phenoxy) is 1. The van der Waals surface area contributed by atoms with Gasteiger partial charge in [0, 0.05) is 37.4 Å². The van der Waals surface area contributed by atoms with E-state index in [2.05, 4.69) is 10.2 Å². The van der Waals surface area contributed by atoms with Crippen LogP contribution in [-0.2, 0) is 17.7 Å². The number of nitrogens with zero attached hydrogens (tertiary/aromatic N) is 2. The van der Waals surface area contributed by atoms with Gasteiger partial charge in [-0.15, -0.1) is 0 Å². The predicted octanol–water partition coefficient (Wildman–Crippen LogP) is 3.61. The Labute approximate surface area is 204 Å². The van der Waals surface area contributed by atoms with Crippen LogP contribution in [0.25, 0.3) is 0 Å². The molecule has 0 bridgehead atoms. The molecule has 0 saturated carbocycles. The van der Waals surface area contributed by atoms with E-state index in [0.29, 0.717) is 29.8 Å². The van der Waals surface area contributed by atoms with E-state index >= 15 is 0 Å². The number of nitrogens with one attached hydrogen (secondary N) is 1. The van der Waals surface area contributed by atoms with E-state index in [0.717, 1.165) is 38.4 Å². The van der Waals surface area contributed by atoms with Crippen molar-refractivity contribution in [1.82, 2.24) is 9.80 Å². The second kappa shape index (κ2) is 10.2. The fourth-order valence-corrected chi connectivity index (χ4v) is 4.43. The van der Waals surface area contributed by atoms with E-state index < -0.39 is 0 Å². The molecule has 0 aliphatic carbocycles. The molecule has 3 aromatic rings. The van der Waals surface area contributed by atoms with Gasteiger partial charge < -0.3 is 10.1 Å². The van der Waals surface area contributed by atoms with Gasteiger partial charge in [0.2, 0.25) is 0 Å². The van der Waals surface area contributed by atoms with Gasteiger partial charge in [-0.2, -0.15) is 0 Å². The quantitative estimate of drug-likeness (QED) is 0.535. The number of hydrogen-bond donors (Lipinski definition) is 1. The van der Waals surface area contributed by atoms with Crippen LogP contribution in [0.2, 0.25) is 0 Å². The summed E-state index contributed by atoms with van der Waals surface area (Å²) in [5.41, 5.74) is 3.85. The van der Waals surface area contributed by atoms with Crippen molar-refractivity contribution >= 4 is 23.4 Å². The van der Waals surface area contributed by atoms with Crippen LogP contribution < -0.4 is 5.32 Å². The van der Waals surface area contributed by atoms with Gasteiger partial charge in [0.05, 0.1) is 24.3 Å². The van der Waals surface area contributed by atoms with E-state index in [1.165, 1.54) is 16.5 Å². The van der Waals surface area contributed by atoms with Crippen molar-refractivity contribution in [2.45, 2.75) is 13.0 Å². The zero-order valence-corrected chi connectivity index (χ0v) is 19.4. The van der Waals surface area contributed by atoms with Gasteiger partial charge >= 0.3 is 0 Å². The third kappa shape index (κ3) is 5.16. The number of anilines is 1. The minimum atomic E-state index is -0.358. The topological polar surface area (TPSA) is 79.0 Å². The summed E-state index contributed by atoms with van der Waals surface area (Å²) in [6.45, 7) is 4.50. The fraction of sp³-hybridized carbons (Fsp3) is 0.250. The van der Waals surface area contributed by atoms with Crippen LogP contribution in [0.4, 0.5) is 5.69 Å². The zero-order valence-electron chi connectivity index (χ0n) is 19.4. The van der Waals surface area contributed by atoms with E-state index in [1.807, 2.05) is 54.6 Å². The first-order chi connectivity index (χ1) is 17.1. The number of fused-ring (bicyclic) bond motifs is 1. The van der Waals surface area contributed by atoms with Crippen molar-refractivity contribution in [3.05, 3.63) is 101 Å². The van der Waals surface area contributed by atoms with Crippen molar-refractivity contribution in [2.75, 3.05) is 38.2 Å². The number of carbonyl (C=O) groups excluding carboxylic acids is 3. The molecule has 5 rings (SSSR count). The van der Waals surface area contributed by atoms with Crippen LogP contribution in [-0.4, -0.2) is 60.4 Å². The van der Waals surface area contributed by atoms with Crippen molar-refractivity contribution < 1.29 is 19.1 Å². The Morgan fingerprint density at radius 1 is 0.829 bits per heavy atom. The van der Waals surface area contributed by atoms with Crippen LogP contribution >= 0.6 is 0 Å². The standard InChI is InChI=1S/C28H27N3O4/c32-26(29-23-9-6-21(7-10-23)19-30-14-16-35-17-15-30)22-8-11-24-25(18-22)28(34)31(27(24)33)13-12-20-4-2-1-3-5-20/h1-11,18H,12-17,19H2,(H,29,32). The average molecular weight is 470 g/mol. The summed E-state index contributed by atoms with van der Waals surface area (Å²) in [5.74, 6) is -0.997. The first kappa shape index (κ1) is 23.0. The molecule has 0 aromatic heterocycles. The Hall–Kier alpha value is -3.81. The highest BCUT2D eigenvalue weighted by Crippen LogP contribution is 2.25. The molecule has 0 unspecified atom stereocenters. The Balaban J connectivity index is 1.22. The lowest BCUT2D eigenvalue weighted by molar-refractivity contribution is 0.0342. The summed E-state index contributed by atoms with van der Waals surface area (Å²) in [4.78, 5) is 42.1. The molecule has 0 spiro atoms. The van der Waals surface area contributed by atoms with E-state index in [-0.39, 0.29) is 23.3 Å².